The number of carboxylic acid groups (broad SMARTS) is 2. The number of carbonyl (C=O) groups excluding carboxylic acids is 2. The van der Waals surface area contributed by atoms with E-state index in [1.165, 1.54) is 0 Å². The van der Waals surface area contributed by atoms with Gasteiger partial charge in [0.2, 0.25) is 0 Å². The van der Waals surface area contributed by atoms with Crippen LogP contribution in [0.1, 0.15) is 11.1 Å². The molecule has 4 rings (SSSR count). The summed E-state index contributed by atoms with van der Waals surface area (Å²) in [6.45, 7) is 0. The molecule has 8 nitrogen and oxygen atoms in total. The molecule has 2 atom stereocenters. The maximum atomic E-state index is 10.5. The molecule has 0 aliphatic rings. The van der Waals surface area contributed by atoms with Gasteiger partial charge in [-0.1, -0.05) is 36.4 Å². The van der Waals surface area contributed by atoms with E-state index in [4.69, 9.17) is 11.5 Å². The van der Waals surface area contributed by atoms with E-state index in [2.05, 4.69) is 9.97 Å². The van der Waals surface area contributed by atoms with Gasteiger partial charge in [-0.15, -0.1) is 0 Å². The molecule has 4 aromatic rings. The summed E-state index contributed by atoms with van der Waals surface area (Å²) >= 11 is 0. The first-order chi connectivity index (χ1) is 14.4. The molecule has 0 saturated heterocycles. The molecule has 31 heavy (non-hydrogen) atoms. The number of hydrogen-bond acceptors (Lipinski definition) is 6. The van der Waals surface area contributed by atoms with Crippen molar-refractivity contribution < 1.29 is 36.6 Å². The first-order valence-electron chi connectivity index (χ1n) is 9.39. The molecular formula is C22H22CoN4O4. The molecule has 163 valence electrons. The molecule has 0 amide bonds. The van der Waals surface area contributed by atoms with Crippen LogP contribution in [0.3, 0.4) is 0 Å². The number of aromatic amines is 2. The normalized spacial score (nSPS) is 12.5. The molecule has 0 aliphatic heterocycles. The second kappa shape index (κ2) is 10.8. The van der Waals surface area contributed by atoms with Crippen LogP contribution < -0.4 is 21.7 Å². The first-order valence-corrected chi connectivity index (χ1v) is 9.39. The number of carbonyl (C=O) groups is 2. The van der Waals surface area contributed by atoms with Crippen LogP contribution in [-0.4, -0.2) is 34.0 Å². The molecule has 0 fully saturated rings. The van der Waals surface area contributed by atoms with Crippen molar-refractivity contribution in [3.05, 3.63) is 72.1 Å². The summed E-state index contributed by atoms with van der Waals surface area (Å²) in [6.07, 6.45) is 4.14. The van der Waals surface area contributed by atoms with Crippen molar-refractivity contribution in [3.63, 3.8) is 0 Å². The van der Waals surface area contributed by atoms with E-state index in [1.54, 1.807) is 12.4 Å². The van der Waals surface area contributed by atoms with Crippen molar-refractivity contribution in [2.75, 3.05) is 0 Å². The first kappa shape index (κ1) is 24.2. The summed E-state index contributed by atoms with van der Waals surface area (Å²) in [5, 5.41) is 23.0. The monoisotopic (exact) mass is 465 g/mol. The van der Waals surface area contributed by atoms with Crippen LogP contribution in [0, 0.1) is 0 Å². The Morgan fingerprint density at radius 3 is 1.45 bits per heavy atom. The van der Waals surface area contributed by atoms with Gasteiger partial charge in [0.15, 0.2) is 0 Å². The van der Waals surface area contributed by atoms with E-state index >= 15 is 0 Å². The van der Waals surface area contributed by atoms with Gasteiger partial charge in [-0.25, -0.2) is 0 Å². The number of carboxylic acids is 2. The Hall–Kier alpha value is -3.11. The van der Waals surface area contributed by atoms with Crippen LogP contribution >= 0.6 is 0 Å². The van der Waals surface area contributed by atoms with E-state index in [1.807, 2.05) is 48.5 Å². The summed E-state index contributed by atoms with van der Waals surface area (Å²) in [7, 11) is 0. The number of aliphatic carboxylic acids is 2. The standard InChI is InChI=1S/2C11H12N2O2.Co/c2*12-9(11(14)15)5-7-6-13-10-4-2-1-3-8(7)10;/h2*1-4,6,9,13H,5,12H2,(H,14,15);/q;;+2/p-2/t2*9-;/m00./s1. The van der Waals surface area contributed by atoms with Gasteiger partial charge in [-0.2, -0.15) is 0 Å². The fraction of sp³-hybridized carbons (Fsp3) is 0.182. The fourth-order valence-corrected chi connectivity index (χ4v) is 3.24. The van der Waals surface area contributed by atoms with Crippen LogP contribution in [0.15, 0.2) is 60.9 Å². The molecule has 1 radical (unpaired) electrons. The minimum Gasteiger partial charge on any atom is -0.548 e. The maximum Gasteiger partial charge on any atom is 2.00 e. The number of benzene rings is 2. The number of para-hydroxylation sites is 2. The molecule has 2 heterocycles. The van der Waals surface area contributed by atoms with Gasteiger partial charge < -0.3 is 41.2 Å². The summed E-state index contributed by atoms with van der Waals surface area (Å²) < 4.78 is 0. The van der Waals surface area contributed by atoms with Crippen molar-refractivity contribution in [2.24, 2.45) is 11.5 Å². The number of hydrogen-bond donors (Lipinski definition) is 4. The number of aromatic nitrogens is 2. The molecule has 0 bridgehead atoms. The zero-order valence-corrected chi connectivity index (χ0v) is 17.5. The van der Waals surface area contributed by atoms with Gasteiger partial charge >= 0.3 is 16.8 Å². The number of nitrogens with two attached hydrogens (primary N) is 2. The Bertz CT molecular complexity index is 1080. The largest absolute Gasteiger partial charge is 2.00 e. The Kier molecular flexibility index (Phi) is 8.40. The Morgan fingerprint density at radius 1 is 0.742 bits per heavy atom. The zero-order valence-electron chi connectivity index (χ0n) is 16.5. The smallest absolute Gasteiger partial charge is 0.548 e. The van der Waals surface area contributed by atoms with Gasteiger partial charge in [0.25, 0.3) is 0 Å². The third-order valence-corrected chi connectivity index (χ3v) is 4.83. The van der Waals surface area contributed by atoms with Gasteiger partial charge in [0.05, 0.1) is 11.9 Å². The number of H-pyrrole nitrogens is 2. The van der Waals surface area contributed by atoms with E-state index in [0.29, 0.717) is 0 Å². The van der Waals surface area contributed by atoms with Crippen molar-refractivity contribution in [1.82, 2.24) is 9.97 Å². The van der Waals surface area contributed by atoms with E-state index in [0.717, 1.165) is 32.9 Å². The Balaban J connectivity index is 0.000000213. The van der Waals surface area contributed by atoms with Gasteiger partial charge in [-0.3, -0.25) is 0 Å². The number of fused-ring (bicyclic) bond motifs is 2. The maximum absolute atomic E-state index is 10.5. The number of nitrogens with one attached hydrogen (secondary N) is 2. The quantitative estimate of drug-likeness (QED) is 0.302. The molecule has 0 saturated carbocycles. The molecular weight excluding hydrogens is 443 g/mol. The van der Waals surface area contributed by atoms with Crippen molar-refractivity contribution in [3.8, 4) is 0 Å². The molecule has 9 heteroatoms. The fourth-order valence-electron chi connectivity index (χ4n) is 3.24. The van der Waals surface area contributed by atoms with Gasteiger partial charge in [0, 0.05) is 46.3 Å². The van der Waals surface area contributed by atoms with E-state index < -0.39 is 24.0 Å². The molecule has 0 aliphatic carbocycles. The average Bonchev–Trinajstić information content (AvgIpc) is 3.33. The molecule has 6 N–H and O–H groups in total. The topological polar surface area (TPSA) is 164 Å². The minimum atomic E-state index is -1.22. The van der Waals surface area contributed by atoms with Crippen LogP contribution in [-0.2, 0) is 39.2 Å². The van der Waals surface area contributed by atoms with Crippen LogP contribution in [0.25, 0.3) is 21.8 Å². The average molecular weight is 465 g/mol. The predicted molar refractivity (Wildman–Crippen MR) is 110 cm³/mol. The minimum absolute atomic E-state index is 0. The third kappa shape index (κ3) is 5.95. The van der Waals surface area contributed by atoms with Crippen molar-refractivity contribution >= 4 is 33.7 Å². The van der Waals surface area contributed by atoms with Crippen molar-refractivity contribution in [1.29, 1.82) is 0 Å². The van der Waals surface area contributed by atoms with Gasteiger partial charge in [0.1, 0.15) is 0 Å². The SMILES string of the molecule is N[C@@H](Cc1c[nH]c2ccccc12)C(=O)[O-].N[C@@H](Cc1c[nH]c2ccccc12)C(=O)[O-].[Co+2]. The van der Waals surface area contributed by atoms with E-state index in [9.17, 15) is 19.8 Å². The zero-order chi connectivity index (χ0) is 21.7. The van der Waals surface area contributed by atoms with Crippen LogP contribution in [0.5, 0.6) is 0 Å². The molecule has 2 aromatic carbocycles. The third-order valence-electron chi connectivity index (χ3n) is 4.83. The number of rotatable bonds is 6. The molecule has 0 spiro atoms. The molecule has 0 unspecified atom stereocenters. The Morgan fingerprint density at radius 2 is 1.10 bits per heavy atom. The van der Waals surface area contributed by atoms with Gasteiger partial charge in [-0.05, 0) is 36.1 Å². The summed E-state index contributed by atoms with van der Waals surface area (Å²) in [5.74, 6) is -2.44. The summed E-state index contributed by atoms with van der Waals surface area (Å²) in [6, 6.07) is 13.5. The second-order valence-electron chi connectivity index (χ2n) is 6.98. The van der Waals surface area contributed by atoms with Crippen LogP contribution in [0.2, 0.25) is 0 Å². The Labute approximate surface area is 188 Å². The predicted octanol–water partition coefficient (Wildman–Crippen LogP) is -0.427. The summed E-state index contributed by atoms with van der Waals surface area (Å²) in [5.41, 5.74) is 14.6. The molecule has 2 aromatic heterocycles. The van der Waals surface area contributed by atoms with E-state index in [-0.39, 0.29) is 29.6 Å². The second-order valence-corrected chi connectivity index (χ2v) is 6.98. The summed E-state index contributed by atoms with van der Waals surface area (Å²) in [4.78, 5) is 27.2. The van der Waals surface area contributed by atoms with Crippen molar-refractivity contribution in [2.45, 2.75) is 24.9 Å². The van der Waals surface area contributed by atoms with Crippen LogP contribution in [0.4, 0.5) is 0 Å².